The molecule has 1 aromatic carbocycles. The van der Waals surface area contributed by atoms with Crippen LogP contribution >= 0.6 is 11.6 Å². The quantitative estimate of drug-likeness (QED) is 0.901. The molecule has 88 valence electrons. The first-order valence-corrected chi connectivity index (χ1v) is 5.63. The normalized spacial score (nSPS) is 10.0. The van der Waals surface area contributed by atoms with Gasteiger partial charge < -0.3 is 10.1 Å². The van der Waals surface area contributed by atoms with E-state index in [1.165, 1.54) is 0 Å². The molecule has 0 aliphatic carbocycles. The Morgan fingerprint density at radius 3 is 2.65 bits per heavy atom. The van der Waals surface area contributed by atoms with Crippen LogP contribution in [0.2, 0.25) is 5.02 Å². The van der Waals surface area contributed by atoms with Gasteiger partial charge in [0.25, 0.3) is 0 Å². The van der Waals surface area contributed by atoms with E-state index >= 15 is 0 Å². The molecule has 1 aromatic heterocycles. The Hall–Kier alpha value is -1.74. The van der Waals surface area contributed by atoms with Crippen LogP contribution in [0.3, 0.4) is 0 Å². The molecule has 4 heteroatoms. The molecule has 0 fully saturated rings. The van der Waals surface area contributed by atoms with Gasteiger partial charge in [-0.1, -0.05) is 23.7 Å². The van der Waals surface area contributed by atoms with Crippen molar-refractivity contribution < 1.29 is 4.74 Å². The number of aromatic nitrogens is 1. The van der Waals surface area contributed by atoms with Gasteiger partial charge in [-0.05, 0) is 23.8 Å². The van der Waals surface area contributed by atoms with Gasteiger partial charge in [-0.2, -0.15) is 0 Å². The smallest absolute Gasteiger partial charge is 0.118 e. The number of benzene rings is 1. The van der Waals surface area contributed by atoms with E-state index in [4.69, 9.17) is 16.3 Å². The predicted octanol–water partition coefficient (Wildman–Crippen LogP) is 3.36. The van der Waals surface area contributed by atoms with Gasteiger partial charge in [0, 0.05) is 12.7 Å². The van der Waals surface area contributed by atoms with Crippen molar-refractivity contribution in [3.63, 3.8) is 0 Å². The van der Waals surface area contributed by atoms with Crippen molar-refractivity contribution in [1.29, 1.82) is 0 Å². The molecular weight excluding hydrogens is 236 g/mol. The number of anilines is 1. The van der Waals surface area contributed by atoms with E-state index in [0.717, 1.165) is 17.0 Å². The summed E-state index contributed by atoms with van der Waals surface area (Å²) >= 11 is 6.02. The van der Waals surface area contributed by atoms with Crippen LogP contribution in [0.25, 0.3) is 0 Å². The van der Waals surface area contributed by atoms with Crippen LogP contribution in [0, 0.1) is 0 Å². The van der Waals surface area contributed by atoms with E-state index in [9.17, 15) is 0 Å². The lowest BCUT2D eigenvalue weighted by molar-refractivity contribution is 0.414. The molecule has 0 spiro atoms. The van der Waals surface area contributed by atoms with Crippen molar-refractivity contribution in [2.24, 2.45) is 0 Å². The Morgan fingerprint density at radius 1 is 1.24 bits per heavy atom. The molecule has 0 aliphatic rings. The number of hydrogen-bond donors (Lipinski definition) is 1. The summed E-state index contributed by atoms with van der Waals surface area (Å²) in [5, 5.41) is 3.91. The number of rotatable bonds is 4. The molecule has 0 amide bonds. The van der Waals surface area contributed by atoms with Gasteiger partial charge in [0.1, 0.15) is 5.75 Å². The Morgan fingerprint density at radius 2 is 2.00 bits per heavy atom. The van der Waals surface area contributed by atoms with E-state index < -0.39 is 0 Å². The first-order chi connectivity index (χ1) is 8.29. The fourth-order valence-corrected chi connectivity index (χ4v) is 1.62. The highest BCUT2D eigenvalue weighted by atomic mass is 35.5. The van der Waals surface area contributed by atoms with E-state index in [1.807, 2.05) is 24.3 Å². The monoisotopic (exact) mass is 248 g/mol. The summed E-state index contributed by atoms with van der Waals surface area (Å²) in [5.74, 6) is 0.855. The molecule has 0 aliphatic heterocycles. The molecule has 0 saturated heterocycles. The number of hydrogen-bond acceptors (Lipinski definition) is 3. The highest BCUT2D eigenvalue weighted by molar-refractivity contribution is 6.33. The largest absolute Gasteiger partial charge is 0.497 e. The third-order valence-corrected chi connectivity index (χ3v) is 2.74. The zero-order valence-corrected chi connectivity index (χ0v) is 10.2. The summed E-state index contributed by atoms with van der Waals surface area (Å²) in [6.07, 6.45) is 3.38. The molecule has 0 atom stereocenters. The zero-order chi connectivity index (χ0) is 12.1. The Kier molecular flexibility index (Phi) is 3.83. The molecule has 1 heterocycles. The van der Waals surface area contributed by atoms with Gasteiger partial charge >= 0.3 is 0 Å². The lowest BCUT2D eigenvalue weighted by Gasteiger charge is -2.08. The number of nitrogens with zero attached hydrogens (tertiary/aromatic N) is 1. The number of pyridine rings is 1. The van der Waals surface area contributed by atoms with Crippen LogP contribution < -0.4 is 10.1 Å². The molecular formula is C13H13ClN2O. The molecule has 0 saturated carbocycles. The zero-order valence-electron chi connectivity index (χ0n) is 9.48. The minimum absolute atomic E-state index is 0.675. The minimum atomic E-state index is 0.675. The maximum Gasteiger partial charge on any atom is 0.118 e. The van der Waals surface area contributed by atoms with Crippen LogP contribution in [-0.2, 0) is 6.54 Å². The van der Waals surface area contributed by atoms with Crippen molar-refractivity contribution in [1.82, 2.24) is 4.98 Å². The third kappa shape index (κ3) is 3.11. The molecule has 1 N–H and O–H groups in total. The predicted molar refractivity (Wildman–Crippen MR) is 69.6 cm³/mol. The lowest BCUT2D eigenvalue weighted by atomic mass is 10.2. The molecule has 2 rings (SSSR count). The fourth-order valence-electron chi connectivity index (χ4n) is 1.45. The molecule has 2 aromatic rings. The number of halogens is 1. The van der Waals surface area contributed by atoms with Crippen LogP contribution in [-0.4, -0.2) is 12.1 Å². The van der Waals surface area contributed by atoms with E-state index in [-0.39, 0.29) is 0 Å². The van der Waals surface area contributed by atoms with Gasteiger partial charge in [0.15, 0.2) is 0 Å². The fraction of sp³-hybridized carbons (Fsp3) is 0.154. The van der Waals surface area contributed by atoms with Gasteiger partial charge in [0.05, 0.1) is 24.0 Å². The van der Waals surface area contributed by atoms with E-state index in [1.54, 1.807) is 25.6 Å². The summed E-state index contributed by atoms with van der Waals surface area (Å²) in [6, 6.07) is 9.65. The van der Waals surface area contributed by atoms with E-state index in [2.05, 4.69) is 10.3 Å². The van der Waals surface area contributed by atoms with Crippen LogP contribution in [0.5, 0.6) is 5.75 Å². The summed E-state index contributed by atoms with van der Waals surface area (Å²) < 4.78 is 5.10. The van der Waals surface area contributed by atoms with Crippen molar-refractivity contribution >= 4 is 17.3 Å². The second-order valence-corrected chi connectivity index (χ2v) is 3.96. The molecule has 0 unspecified atom stereocenters. The number of nitrogens with one attached hydrogen (secondary N) is 1. The number of ether oxygens (including phenoxy) is 1. The van der Waals surface area contributed by atoms with Gasteiger partial charge in [-0.15, -0.1) is 0 Å². The van der Waals surface area contributed by atoms with Crippen LogP contribution in [0.15, 0.2) is 42.7 Å². The maximum atomic E-state index is 6.02. The SMILES string of the molecule is COc1ccc(CNc2cnccc2Cl)cc1. The first kappa shape index (κ1) is 11.7. The minimum Gasteiger partial charge on any atom is -0.497 e. The average Bonchev–Trinajstić information content (AvgIpc) is 2.38. The topological polar surface area (TPSA) is 34.1 Å². The number of methoxy groups -OCH3 is 1. The van der Waals surface area contributed by atoms with Gasteiger partial charge in [-0.25, -0.2) is 0 Å². The first-order valence-electron chi connectivity index (χ1n) is 5.26. The second kappa shape index (κ2) is 5.55. The Labute approximate surface area is 105 Å². The summed E-state index contributed by atoms with van der Waals surface area (Å²) in [7, 11) is 1.66. The maximum absolute atomic E-state index is 6.02. The van der Waals surface area contributed by atoms with Crippen molar-refractivity contribution in [2.75, 3.05) is 12.4 Å². The third-order valence-electron chi connectivity index (χ3n) is 2.41. The summed E-state index contributed by atoms with van der Waals surface area (Å²) in [4.78, 5) is 4.02. The standard InChI is InChI=1S/C13H13ClN2O/c1-17-11-4-2-10(3-5-11)8-16-13-9-15-7-6-12(13)14/h2-7,9,16H,8H2,1H3. The molecule has 17 heavy (non-hydrogen) atoms. The second-order valence-electron chi connectivity index (χ2n) is 3.56. The van der Waals surface area contributed by atoms with Crippen molar-refractivity contribution in [3.05, 3.63) is 53.3 Å². The summed E-state index contributed by atoms with van der Waals surface area (Å²) in [5.41, 5.74) is 2.00. The van der Waals surface area contributed by atoms with Gasteiger partial charge in [0.2, 0.25) is 0 Å². The van der Waals surface area contributed by atoms with Crippen LogP contribution in [0.1, 0.15) is 5.56 Å². The highest BCUT2D eigenvalue weighted by Crippen LogP contribution is 2.20. The lowest BCUT2D eigenvalue weighted by Crippen LogP contribution is -2.00. The Bertz CT molecular complexity index is 485. The van der Waals surface area contributed by atoms with Crippen molar-refractivity contribution in [2.45, 2.75) is 6.54 Å². The highest BCUT2D eigenvalue weighted by Gasteiger charge is 1.99. The summed E-state index contributed by atoms with van der Waals surface area (Å²) in [6.45, 7) is 0.704. The van der Waals surface area contributed by atoms with Gasteiger partial charge in [-0.3, -0.25) is 4.98 Å². The molecule has 0 radical (unpaired) electrons. The molecule has 3 nitrogen and oxygen atoms in total. The van der Waals surface area contributed by atoms with Crippen molar-refractivity contribution in [3.8, 4) is 5.75 Å². The molecule has 0 bridgehead atoms. The average molecular weight is 249 g/mol. The Balaban J connectivity index is 2.00. The van der Waals surface area contributed by atoms with E-state index in [0.29, 0.717) is 11.6 Å². The van der Waals surface area contributed by atoms with Crippen LogP contribution in [0.4, 0.5) is 5.69 Å².